The molecule has 2 aromatic rings. The number of nitrogens with one attached hydrogen (secondary N) is 1. The molecule has 0 unspecified atom stereocenters. The van der Waals surface area contributed by atoms with Gasteiger partial charge in [-0.25, -0.2) is 0 Å². The van der Waals surface area contributed by atoms with Crippen molar-refractivity contribution in [3.05, 3.63) is 58.3 Å². The van der Waals surface area contributed by atoms with E-state index >= 15 is 0 Å². The number of hydrogen-bond acceptors (Lipinski definition) is 4. The van der Waals surface area contributed by atoms with Gasteiger partial charge < -0.3 is 10.2 Å². The van der Waals surface area contributed by atoms with Crippen LogP contribution in [0, 0.1) is 0 Å². The van der Waals surface area contributed by atoms with Crippen molar-refractivity contribution in [3.63, 3.8) is 0 Å². The first kappa shape index (κ1) is 18.6. The van der Waals surface area contributed by atoms with E-state index in [2.05, 4.69) is 16.3 Å². The van der Waals surface area contributed by atoms with Gasteiger partial charge in [0.25, 0.3) is 0 Å². The van der Waals surface area contributed by atoms with E-state index in [1.807, 2.05) is 46.7 Å². The highest BCUT2D eigenvalue weighted by Gasteiger charge is 2.21. The molecule has 1 saturated heterocycles. The third-order valence-electron chi connectivity index (χ3n) is 4.74. The Hall–Kier alpha value is -2.18. The minimum atomic E-state index is -0.0988. The molecule has 5 nitrogen and oxygen atoms in total. The molecular formula is C20H25N3O2S. The second-order valence-corrected chi connectivity index (χ2v) is 7.50. The molecule has 1 aliphatic heterocycles. The lowest BCUT2D eigenvalue weighted by atomic mass is 10.1. The van der Waals surface area contributed by atoms with Crippen LogP contribution in [0.2, 0.25) is 0 Å². The number of piperazine rings is 1. The van der Waals surface area contributed by atoms with E-state index in [1.165, 1.54) is 0 Å². The van der Waals surface area contributed by atoms with Gasteiger partial charge in [-0.1, -0.05) is 36.4 Å². The van der Waals surface area contributed by atoms with E-state index in [-0.39, 0.29) is 17.9 Å². The van der Waals surface area contributed by atoms with Gasteiger partial charge in [-0.3, -0.25) is 14.5 Å². The second-order valence-electron chi connectivity index (χ2n) is 6.52. The Morgan fingerprint density at radius 1 is 1.08 bits per heavy atom. The summed E-state index contributed by atoms with van der Waals surface area (Å²) in [7, 11) is 0. The van der Waals surface area contributed by atoms with E-state index < -0.39 is 0 Å². The highest BCUT2D eigenvalue weighted by molar-refractivity contribution is 7.10. The van der Waals surface area contributed by atoms with Crippen molar-refractivity contribution < 1.29 is 9.59 Å². The molecular weight excluding hydrogens is 346 g/mol. The summed E-state index contributed by atoms with van der Waals surface area (Å²) in [5.41, 5.74) is 1.10. The Morgan fingerprint density at radius 2 is 1.81 bits per heavy atom. The number of carbonyl (C=O) groups excluding carboxylic acids is 2. The van der Waals surface area contributed by atoms with Crippen LogP contribution in [0.15, 0.2) is 47.8 Å². The lowest BCUT2D eigenvalue weighted by molar-refractivity contribution is -0.131. The first-order valence-corrected chi connectivity index (χ1v) is 9.87. The van der Waals surface area contributed by atoms with Crippen LogP contribution in [0.5, 0.6) is 0 Å². The number of carbonyl (C=O) groups is 2. The molecule has 0 saturated carbocycles. The predicted molar refractivity (Wildman–Crippen MR) is 104 cm³/mol. The van der Waals surface area contributed by atoms with E-state index in [0.717, 1.165) is 43.2 Å². The van der Waals surface area contributed by atoms with Gasteiger partial charge in [0.2, 0.25) is 11.8 Å². The highest BCUT2D eigenvalue weighted by atomic mass is 32.1. The summed E-state index contributed by atoms with van der Waals surface area (Å²) in [4.78, 5) is 29.2. The third-order valence-corrected chi connectivity index (χ3v) is 5.68. The number of nitrogens with zero attached hydrogens (tertiary/aromatic N) is 2. The molecule has 1 N–H and O–H groups in total. The molecule has 3 rings (SSSR count). The molecule has 0 bridgehead atoms. The average molecular weight is 372 g/mol. The lowest BCUT2D eigenvalue weighted by Crippen LogP contribution is -2.48. The first-order valence-electron chi connectivity index (χ1n) is 8.99. The van der Waals surface area contributed by atoms with Crippen LogP contribution in [0.3, 0.4) is 0 Å². The van der Waals surface area contributed by atoms with Crippen molar-refractivity contribution in [2.45, 2.75) is 19.4 Å². The van der Waals surface area contributed by atoms with E-state index in [9.17, 15) is 9.59 Å². The normalized spacial score (nSPS) is 16.3. The number of benzene rings is 1. The Morgan fingerprint density at radius 3 is 2.42 bits per heavy atom. The number of amides is 2. The third kappa shape index (κ3) is 4.93. The summed E-state index contributed by atoms with van der Waals surface area (Å²) in [5.74, 6) is 0.185. The first-order chi connectivity index (χ1) is 12.6. The van der Waals surface area contributed by atoms with Crippen LogP contribution in [0.1, 0.15) is 29.8 Å². The Labute approximate surface area is 158 Å². The van der Waals surface area contributed by atoms with E-state index in [0.29, 0.717) is 6.42 Å². The Bertz CT molecular complexity index is 710. The molecule has 6 heteroatoms. The van der Waals surface area contributed by atoms with E-state index in [1.54, 1.807) is 18.3 Å². The number of thiophene rings is 1. The zero-order valence-corrected chi connectivity index (χ0v) is 15.9. The Balaban J connectivity index is 1.53. The fraction of sp³-hybridized carbons (Fsp3) is 0.400. The Kier molecular flexibility index (Phi) is 6.41. The van der Waals surface area contributed by atoms with Crippen LogP contribution >= 0.6 is 11.3 Å². The van der Waals surface area contributed by atoms with Crippen molar-refractivity contribution in [1.82, 2.24) is 15.1 Å². The molecule has 0 aliphatic carbocycles. The topological polar surface area (TPSA) is 52.7 Å². The van der Waals surface area contributed by atoms with Gasteiger partial charge in [-0.15, -0.1) is 11.3 Å². The molecule has 1 aromatic heterocycles. The summed E-state index contributed by atoms with van der Waals surface area (Å²) >= 11 is 1.65. The van der Waals surface area contributed by atoms with Gasteiger partial charge in [0, 0.05) is 50.9 Å². The average Bonchev–Trinajstić information content (AvgIpc) is 3.20. The van der Waals surface area contributed by atoms with Crippen molar-refractivity contribution in [1.29, 1.82) is 0 Å². The van der Waals surface area contributed by atoms with Gasteiger partial charge in [0.1, 0.15) is 0 Å². The predicted octanol–water partition coefficient (Wildman–Crippen LogP) is 2.51. The molecule has 26 heavy (non-hydrogen) atoms. The maximum atomic E-state index is 12.5. The summed E-state index contributed by atoms with van der Waals surface area (Å²) in [5, 5.41) is 5.22. The van der Waals surface area contributed by atoms with Crippen molar-refractivity contribution in [3.8, 4) is 0 Å². The molecule has 0 radical (unpaired) electrons. The van der Waals surface area contributed by atoms with Gasteiger partial charge in [0.05, 0.1) is 6.04 Å². The maximum Gasteiger partial charge on any atom is 0.222 e. The van der Waals surface area contributed by atoms with Crippen molar-refractivity contribution in [2.75, 3.05) is 32.7 Å². The maximum absolute atomic E-state index is 12.5. The molecule has 1 aromatic carbocycles. The molecule has 2 heterocycles. The van der Waals surface area contributed by atoms with Crippen molar-refractivity contribution in [2.24, 2.45) is 0 Å². The van der Waals surface area contributed by atoms with Crippen LogP contribution in [0.25, 0.3) is 0 Å². The standard InChI is InChI=1S/C20H25N3O2S/c1-16(24)23-13-11-22(12-14-23)10-9-19(25)21-20(18-8-5-15-26-18)17-6-3-2-4-7-17/h2-8,15,20H,9-14H2,1H3,(H,21,25)/t20-/m1/s1. The summed E-state index contributed by atoms with van der Waals surface area (Å²) in [6.07, 6.45) is 0.467. The fourth-order valence-corrected chi connectivity index (χ4v) is 4.00. The fourth-order valence-electron chi connectivity index (χ4n) is 3.20. The zero-order chi connectivity index (χ0) is 18.4. The highest BCUT2D eigenvalue weighted by Crippen LogP contribution is 2.26. The van der Waals surface area contributed by atoms with E-state index in [4.69, 9.17) is 0 Å². The lowest BCUT2D eigenvalue weighted by Gasteiger charge is -2.34. The van der Waals surface area contributed by atoms with Gasteiger partial charge in [0.15, 0.2) is 0 Å². The van der Waals surface area contributed by atoms with Crippen molar-refractivity contribution >= 4 is 23.2 Å². The zero-order valence-electron chi connectivity index (χ0n) is 15.1. The molecule has 138 valence electrons. The van der Waals surface area contributed by atoms with Gasteiger partial charge >= 0.3 is 0 Å². The number of hydrogen-bond donors (Lipinski definition) is 1. The second kappa shape index (κ2) is 8.96. The minimum absolute atomic E-state index is 0.0567. The van der Waals surface area contributed by atoms with Crippen LogP contribution in [0.4, 0.5) is 0 Å². The molecule has 0 spiro atoms. The SMILES string of the molecule is CC(=O)N1CCN(CCC(=O)N[C@H](c2ccccc2)c2cccs2)CC1. The quantitative estimate of drug-likeness (QED) is 0.849. The molecule has 1 atom stereocenters. The molecule has 2 amide bonds. The molecule has 1 fully saturated rings. The largest absolute Gasteiger partial charge is 0.344 e. The monoisotopic (exact) mass is 371 g/mol. The summed E-state index contributed by atoms with van der Waals surface area (Å²) < 4.78 is 0. The van der Waals surface area contributed by atoms with Crippen LogP contribution in [-0.2, 0) is 9.59 Å². The van der Waals surface area contributed by atoms with Crippen LogP contribution in [-0.4, -0.2) is 54.3 Å². The number of rotatable bonds is 6. The minimum Gasteiger partial charge on any atom is -0.344 e. The van der Waals surface area contributed by atoms with Gasteiger partial charge in [-0.05, 0) is 17.0 Å². The van der Waals surface area contributed by atoms with Crippen LogP contribution < -0.4 is 5.32 Å². The molecule has 1 aliphatic rings. The smallest absolute Gasteiger partial charge is 0.222 e. The summed E-state index contributed by atoms with van der Waals surface area (Å²) in [6, 6.07) is 14.0. The summed E-state index contributed by atoms with van der Waals surface area (Å²) in [6.45, 7) is 5.50. The van der Waals surface area contributed by atoms with Gasteiger partial charge in [-0.2, -0.15) is 0 Å².